The van der Waals surface area contributed by atoms with Crippen LogP contribution in [0.15, 0.2) is 63.8 Å². The van der Waals surface area contributed by atoms with E-state index in [1.807, 2.05) is 24.3 Å². The molecule has 28 heavy (non-hydrogen) atoms. The molecule has 136 valence electrons. The SMILES string of the molecule is O=C1/C=N/C(=O)COc2ccc3ncnc(c3c2)\N=c2/cccc/c2=C\C=N\1. The van der Waals surface area contributed by atoms with Crippen LogP contribution in [0.2, 0.25) is 0 Å². The van der Waals surface area contributed by atoms with E-state index in [-0.39, 0.29) is 6.61 Å². The molecular formula is C20H13N5O3. The zero-order valence-corrected chi connectivity index (χ0v) is 14.5. The van der Waals surface area contributed by atoms with Crippen LogP contribution in [0.1, 0.15) is 0 Å². The number of benzene rings is 2. The Bertz CT molecular complexity index is 1260. The molecule has 0 saturated carbocycles. The largest absolute Gasteiger partial charge is 0.484 e. The predicted molar refractivity (Wildman–Crippen MR) is 103 cm³/mol. The molecule has 3 aromatic rings. The van der Waals surface area contributed by atoms with Crippen LogP contribution in [0.5, 0.6) is 5.75 Å². The van der Waals surface area contributed by atoms with Crippen molar-refractivity contribution in [3.05, 3.63) is 59.4 Å². The summed E-state index contributed by atoms with van der Waals surface area (Å²) in [5, 5.41) is 2.09. The summed E-state index contributed by atoms with van der Waals surface area (Å²) in [5.74, 6) is -0.343. The second-order valence-electron chi connectivity index (χ2n) is 5.77. The third-order valence-corrected chi connectivity index (χ3v) is 3.89. The number of carbonyl (C=O) groups excluding carboxylic acids is 2. The van der Waals surface area contributed by atoms with E-state index < -0.39 is 11.8 Å². The molecule has 0 unspecified atom stereocenters. The Labute approximate surface area is 158 Å². The van der Waals surface area contributed by atoms with Gasteiger partial charge in [-0.25, -0.2) is 24.9 Å². The standard InChI is InChI=1S/C20H13N5O3/c26-18-10-22-19(27)11-28-14-5-6-17-15(9-14)20(24-12-23-17)25-16-4-2-1-3-13(16)7-8-21-18/h1-10,12H,11H2/b13-7+,21-8+,22-10+,25-16+. The number of aromatic nitrogens is 2. The van der Waals surface area contributed by atoms with Crippen molar-refractivity contribution in [2.75, 3.05) is 6.61 Å². The fraction of sp³-hybridized carbons (Fsp3) is 0.0500. The summed E-state index contributed by atoms with van der Waals surface area (Å²) in [6.07, 6.45) is 5.29. The minimum absolute atomic E-state index is 0.311. The first-order valence-corrected chi connectivity index (χ1v) is 8.36. The molecule has 1 aliphatic rings. The van der Waals surface area contributed by atoms with Crippen molar-refractivity contribution in [3.63, 3.8) is 0 Å². The molecule has 0 radical (unpaired) electrons. The quantitative estimate of drug-likeness (QED) is 0.585. The zero-order valence-electron chi connectivity index (χ0n) is 14.5. The average Bonchev–Trinajstić information content (AvgIpc) is 2.71. The minimum atomic E-state index is -0.648. The van der Waals surface area contributed by atoms with Crippen molar-refractivity contribution < 1.29 is 14.3 Å². The molecule has 2 heterocycles. The number of carbonyl (C=O) groups is 2. The van der Waals surface area contributed by atoms with E-state index in [9.17, 15) is 9.59 Å². The molecule has 0 atom stereocenters. The van der Waals surface area contributed by atoms with Crippen LogP contribution >= 0.6 is 0 Å². The molecule has 2 aromatic carbocycles. The number of nitrogens with zero attached hydrogens (tertiary/aromatic N) is 5. The van der Waals surface area contributed by atoms with Gasteiger partial charge in [0, 0.05) is 16.8 Å². The van der Waals surface area contributed by atoms with Gasteiger partial charge in [-0.1, -0.05) is 18.2 Å². The van der Waals surface area contributed by atoms with Crippen LogP contribution in [0.3, 0.4) is 0 Å². The van der Waals surface area contributed by atoms with Gasteiger partial charge in [0.25, 0.3) is 11.8 Å². The van der Waals surface area contributed by atoms with Gasteiger partial charge in [0.2, 0.25) is 0 Å². The van der Waals surface area contributed by atoms with E-state index in [0.717, 1.165) is 11.4 Å². The van der Waals surface area contributed by atoms with Gasteiger partial charge in [0.1, 0.15) is 12.1 Å². The molecule has 4 rings (SSSR count). The maximum atomic E-state index is 11.8. The highest BCUT2D eigenvalue weighted by molar-refractivity contribution is 6.30. The summed E-state index contributed by atoms with van der Waals surface area (Å²) in [4.78, 5) is 43.9. The summed E-state index contributed by atoms with van der Waals surface area (Å²) in [7, 11) is 0. The van der Waals surface area contributed by atoms with Crippen LogP contribution in [0.4, 0.5) is 5.82 Å². The van der Waals surface area contributed by atoms with Gasteiger partial charge in [-0.2, -0.15) is 0 Å². The highest BCUT2D eigenvalue weighted by Crippen LogP contribution is 2.25. The molecule has 8 nitrogen and oxygen atoms in total. The van der Waals surface area contributed by atoms with E-state index >= 15 is 0 Å². The molecule has 0 aliphatic carbocycles. The summed E-state index contributed by atoms with van der Waals surface area (Å²) in [6.45, 7) is -0.311. The lowest BCUT2D eigenvalue weighted by Gasteiger charge is -2.06. The molecule has 8 heteroatoms. The van der Waals surface area contributed by atoms with Crippen molar-refractivity contribution in [1.29, 1.82) is 0 Å². The first-order chi connectivity index (χ1) is 13.7. The van der Waals surface area contributed by atoms with Crippen molar-refractivity contribution in [2.24, 2.45) is 15.0 Å². The van der Waals surface area contributed by atoms with Crippen LogP contribution < -0.4 is 15.3 Å². The fourth-order valence-corrected chi connectivity index (χ4v) is 2.58. The molecule has 0 fully saturated rings. The number of hydrogen-bond donors (Lipinski definition) is 0. The van der Waals surface area contributed by atoms with Gasteiger partial charge < -0.3 is 4.74 Å². The smallest absolute Gasteiger partial charge is 0.288 e. The number of hydrogen-bond acceptors (Lipinski definition) is 6. The highest BCUT2D eigenvalue weighted by Gasteiger charge is 2.07. The Morgan fingerprint density at radius 3 is 2.79 bits per heavy atom. The number of aliphatic imine (C=N–C) groups is 2. The van der Waals surface area contributed by atoms with Gasteiger partial charge in [0.15, 0.2) is 12.4 Å². The van der Waals surface area contributed by atoms with E-state index in [2.05, 4.69) is 24.9 Å². The van der Waals surface area contributed by atoms with Gasteiger partial charge in [-0.15, -0.1) is 0 Å². The average molecular weight is 371 g/mol. The number of rotatable bonds is 0. The van der Waals surface area contributed by atoms with Gasteiger partial charge in [-0.05, 0) is 30.3 Å². The minimum Gasteiger partial charge on any atom is -0.484 e. The Hall–Kier alpha value is -4.07. The Morgan fingerprint density at radius 1 is 0.964 bits per heavy atom. The third-order valence-electron chi connectivity index (χ3n) is 3.89. The molecule has 2 amide bonds. The molecule has 0 saturated heterocycles. The molecular weight excluding hydrogens is 358 g/mol. The van der Waals surface area contributed by atoms with Crippen molar-refractivity contribution in [1.82, 2.24) is 9.97 Å². The fourth-order valence-electron chi connectivity index (χ4n) is 2.58. The van der Waals surface area contributed by atoms with Crippen LogP contribution in [0.25, 0.3) is 17.0 Å². The van der Waals surface area contributed by atoms with Crippen LogP contribution in [0, 0.1) is 0 Å². The number of para-hydroxylation sites is 1. The lowest BCUT2D eigenvalue weighted by atomic mass is 10.2. The lowest BCUT2D eigenvalue weighted by Crippen LogP contribution is -2.24. The Balaban J connectivity index is 1.96. The number of amides is 2. The molecule has 1 aromatic heterocycles. The monoisotopic (exact) mass is 371 g/mol. The summed E-state index contributed by atoms with van der Waals surface area (Å²) >= 11 is 0. The van der Waals surface area contributed by atoms with E-state index in [4.69, 9.17) is 4.74 Å². The Morgan fingerprint density at radius 2 is 1.86 bits per heavy atom. The molecule has 2 bridgehead atoms. The van der Waals surface area contributed by atoms with E-state index in [0.29, 0.717) is 27.8 Å². The van der Waals surface area contributed by atoms with Crippen molar-refractivity contribution in [3.8, 4) is 5.75 Å². The Kier molecular flexibility index (Phi) is 4.75. The normalized spacial score (nSPS) is 19.0. The number of fused-ring (bicyclic) bond motifs is 2. The van der Waals surface area contributed by atoms with Crippen LogP contribution in [-0.2, 0) is 9.59 Å². The van der Waals surface area contributed by atoms with Gasteiger partial charge in [0.05, 0.1) is 17.1 Å². The van der Waals surface area contributed by atoms with Crippen molar-refractivity contribution in [2.45, 2.75) is 0 Å². The lowest BCUT2D eigenvalue weighted by molar-refractivity contribution is -0.120. The zero-order chi connectivity index (χ0) is 19.3. The van der Waals surface area contributed by atoms with Crippen molar-refractivity contribution >= 4 is 47.0 Å². The topological polar surface area (TPSA) is 106 Å². The van der Waals surface area contributed by atoms with Gasteiger partial charge in [-0.3, -0.25) is 9.59 Å². The maximum Gasteiger partial charge on any atom is 0.288 e. The highest BCUT2D eigenvalue weighted by atomic mass is 16.5. The predicted octanol–water partition coefficient (Wildman–Crippen LogP) is 0.949. The molecule has 0 N–H and O–H groups in total. The molecule has 1 aliphatic heterocycles. The summed E-state index contributed by atoms with van der Waals surface area (Å²) < 4.78 is 5.47. The van der Waals surface area contributed by atoms with Crippen LogP contribution in [-0.4, -0.2) is 40.8 Å². The second-order valence-corrected chi connectivity index (χ2v) is 5.77. The maximum absolute atomic E-state index is 11.8. The first-order valence-electron chi connectivity index (χ1n) is 8.36. The first kappa shape index (κ1) is 17.3. The summed E-state index contributed by atoms with van der Waals surface area (Å²) in [6, 6.07) is 12.5. The third kappa shape index (κ3) is 3.85. The van der Waals surface area contributed by atoms with E-state index in [1.165, 1.54) is 12.5 Å². The van der Waals surface area contributed by atoms with E-state index in [1.54, 1.807) is 24.3 Å². The second kappa shape index (κ2) is 7.67. The van der Waals surface area contributed by atoms with Gasteiger partial charge >= 0.3 is 0 Å². The number of ether oxygens (including phenoxy) is 1. The summed E-state index contributed by atoms with van der Waals surface area (Å²) in [5.41, 5.74) is 0.695. The molecule has 0 spiro atoms.